The van der Waals surface area contributed by atoms with Crippen LogP contribution in [0.4, 0.5) is 4.39 Å². The third-order valence-electron chi connectivity index (χ3n) is 3.21. The van der Waals surface area contributed by atoms with Crippen LogP contribution < -0.4 is 15.6 Å². The van der Waals surface area contributed by atoms with Crippen molar-refractivity contribution < 1.29 is 18.7 Å². The third kappa shape index (κ3) is 6.46. The molecule has 2 rings (SSSR count). The Morgan fingerprint density at radius 1 is 1.04 bits per heavy atom. The molecule has 2 amide bonds. The van der Waals surface area contributed by atoms with Gasteiger partial charge in [0.2, 0.25) is 5.91 Å². The number of thioether (sulfide) groups is 1. The van der Waals surface area contributed by atoms with Gasteiger partial charge < -0.3 is 4.74 Å². The molecule has 0 radical (unpaired) electrons. The standard InChI is InChI=1S/C18H19FN2O3S/c1-12-3-8-16(13(2)9-12)25-11-18(23)21-20-17(22)10-24-15-6-4-14(19)5-7-15/h3-9H,10-11H2,1-2H3,(H,20,22)(H,21,23). The lowest BCUT2D eigenvalue weighted by Gasteiger charge is -2.09. The van der Waals surface area contributed by atoms with E-state index in [0.717, 1.165) is 10.5 Å². The number of hydrogen-bond donors (Lipinski definition) is 2. The fourth-order valence-electron chi connectivity index (χ4n) is 2.00. The molecule has 0 saturated heterocycles. The monoisotopic (exact) mass is 362 g/mol. The average Bonchev–Trinajstić information content (AvgIpc) is 2.58. The summed E-state index contributed by atoms with van der Waals surface area (Å²) < 4.78 is 17.9. The van der Waals surface area contributed by atoms with Crippen molar-refractivity contribution in [1.29, 1.82) is 0 Å². The van der Waals surface area contributed by atoms with Gasteiger partial charge in [0.15, 0.2) is 6.61 Å². The number of benzene rings is 2. The number of hydrazine groups is 1. The first-order valence-electron chi connectivity index (χ1n) is 7.60. The van der Waals surface area contributed by atoms with E-state index in [4.69, 9.17) is 4.74 Å². The van der Waals surface area contributed by atoms with E-state index in [1.165, 1.54) is 41.6 Å². The van der Waals surface area contributed by atoms with E-state index in [9.17, 15) is 14.0 Å². The van der Waals surface area contributed by atoms with Crippen molar-refractivity contribution in [3.63, 3.8) is 0 Å². The number of nitrogens with one attached hydrogen (secondary N) is 2. The van der Waals surface area contributed by atoms with E-state index in [2.05, 4.69) is 16.9 Å². The van der Waals surface area contributed by atoms with Crippen LogP contribution in [0, 0.1) is 19.7 Å². The first-order chi connectivity index (χ1) is 11.9. The van der Waals surface area contributed by atoms with Gasteiger partial charge in [-0.05, 0) is 49.7 Å². The molecule has 0 bridgehead atoms. The van der Waals surface area contributed by atoms with Gasteiger partial charge in [0.05, 0.1) is 5.75 Å². The largest absolute Gasteiger partial charge is 0.484 e. The van der Waals surface area contributed by atoms with E-state index >= 15 is 0 Å². The second-order valence-electron chi connectivity index (χ2n) is 5.40. The maximum absolute atomic E-state index is 12.8. The minimum Gasteiger partial charge on any atom is -0.484 e. The zero-order valence-electron chi connectivity index (χ0n) is 14.0. The van der Waals surface area contributed by atoms with Crippen LogP contribution in [0.1, 0.15) is 11.1 Å². The van der Waals surface area contributed by atoms with Crippen LogP contribution in [0.2, 0.25) is 0 Å². The van der Waals surface area contributed by atoms with Gasteiger partial charge in [-0.3, -0.25) is 20.4 Å². The first-order valence-corrected chi connectivity index (χ1v) is 8.58. The highest BCUT2D eigenvalue weighted by Crippen LogP contribution is 2.22. The van der Waals surface area contributed by atoms with Crippen molar-refractivity contribution in [2.24, 2.45) is 0 Å². The summed E-state index contributed by atoms with van der Waals surface area (Å²) in [5, 5.41) is 0. The number of ether oxygens (including phenoxy) is 1. The Balaban J connectivity index is 1.68. The molecule has 132 valence electrons. The van der Waals surface area contributed by atoms with Crippen molar-refractivity contribution in [1.82, 2.24) is 10.9 Å². The Kier molecular flexibility index (Phi) is 6.82. The number of halogens is 1. The Morgan fingerprint density at radius 2 is 1.72 bits per heavy atom. The quantitative estimate of drug-likeness (QED) is 0.613. The molecule has 2 aromatic carbocycles. The lowest BCUT2D eigenvalue weighted by atomic mass is 10.2. The SMILES string of the molecule is Cc1ccc(SCC(=O)NNC(=O)COc2ccc(F)cc2)c(C)c1. The molecule has 0 aliphatic rings. The summed E-state index contributed by atoms with van der Waals surface area (Å²) >= 11 is 1.40. The zero-order chi connectivity index (χ0) is 18.2. The molecule has 0 heterocycles. The molecular weight excluding hydrogens is 343 g/mol. The Morgan fingerprint density at radius 3 is 2.40 bits per heavy atom. The second-order valence-corrected chi connectivity index (χ2v) is 6.41. The summed E-state index contributed by atoms with van der Waals surface area (Å²) in [6.45, 7) is 3.72. The lowest BCUT2D eigenvalue weighted by molar-refractivity contribution is -0.128. The predicted molar refractivity (Wildman–Crippen MR) is 94.8 cm³/mol. The van der Waals surface area contributed by atoms with Crippen LogP contribution in [0.25, 0.3) is 0 Å². The molecular formula is C18H19FN2O3S. The molecule has 2 N–H and O–H groups in total. The predicted octanol–water partition coefficient (Wildman–Crippen LogP) is 2.76. The third-order valence-corrected chi connectivity index (χ3v) is 4.39. The normalized spacial score (nSPS) is 10.2. The maximum Gasteiger partial charge on any atom is 0.276 e. The van der Waals surface area contributed by atoms with Gasteiger partial charge in [0.25, 0.3) is 5.91 Å². The van der Waals surface area contributed by atoms with E-state index in [1.807, 2.05) is 26.0 Å². The smallest absolute Gasteiger partial charge is 0.276 e. The van der Waals surface area contributed by atoms with E-state index in [-0.39, 0.29) is 24.1 Å². The van der Waals surface area contributed by atoms with Crippen LogP contribution in [0.3, 0.4) is 0 Å². The van der Waals surface area contributed by atoms with Gasteiger partial charge in [-0.1, -0.05) is 17.7 Å². The van der Waals surface area contributed by atoms with Gasteiger partial charge in [0, 0.05) is 4.90 Å². The minimum absolute atomic E-state index is 0.184. The summed E-state index contributed by atoms with van der Waals surface area (Å²) in [5.41, 5.74) is 6.88. The number of hydrogen-bond acceptors (Lipinski definition) is 4. The number of carbonyl (C=O) groups excluding carboxylic acids is 2. The topological polar surface area (TPSA) is 67.4 Å². The summed E-state index contributed by atoms with van der Waals surface area (Å²) in [7, 11) is 0. The van der Waals surface area contributed by atoms with E-state index in [0.29, 0.717) is 5.75 Å². The van der Waals surface area contributed by atoms with Crippen LogP contribution in [0.5, 0.6) is 5.75 Å². The average molecular weight is 362 g/mol. The number of carbonyl (C=O) groups is 2. The molecule has 0 aromatic heterocycles. The number of aryl methyl sites for hydroxylation is 2. The second kappa shape index (κ2) is 9.08. The highest BCUT2D eigenvalue weighted by molar-refractivity contribution is 8.00. The molecule has 7 heteroatoms. The van der Waals surface area contributed by atoms with Gasteiger partial charge >= 0.3 is 0 Å². The van der Waals surface area contributed by atoms with Crippen molar-refractivity contribution in [3.8, 4) is 5.75 Å². The number of rotatable bonds is 6. The summed E-state index contributed by atoms with van der Waals surface area (Å²) in [6, 6.07) is 11.3. The molecule has 0 aliphatic heterocycles. The van der Waals surface area contributed by atoms with Gasteiger partial charge in [-0.15, -0.1) is 11.8 Å². The Bertz CT molecular complexity index is 750. The molecule has 2 aromatic rings. The molecule has 0 unspecified atom stereocenters. The van der Waals surface area contributed by atoms with Gasteiger partial charge in [-0.2, -0.15) is 0 Å². The van der Waals surface area contributed by atoms with Crippen molar-refractivity contribution in [3.05, 3.63) is 59.4 Å². The van der Waals surface area contributed by atoms with Crippen molar-refractivity contribution in [2.45, 2.75) is 18.7 Å². The van der Waals surface area contributed by atoms with Crippen LogP contribution >= 0.6 is 11.8 Å². The van der Waals surface area contributed by atoms with Gasteiger partial charge in [0.1, 0.15) is 11.6 Å². The zero-order valence-corrected chi connectivity index (χ0v) is 14.8. The Labute approximate surface area is 149 Å². The fraction of sp³-hybridized carbons (Fsp3) is 0.222. The Hall–Kier alpha value is -2.54. The highest BCUT2D eigenvalue weighted by atomic mass is 32.2. The van der Waals surface area contributed by atoms with Crippen molar-refractivity contribution >= 4 is 23.6 Å². The van der Waals surface area contributed by atoms with E-state index in [1.54, 1.807) is 0 Å². The van der Waals surface area contributed by atoms with E-state index < -0.39 is 5.91 Å². The van der Waals surface area contributed by atoms with Gasteiger partial charge in [-0.25, -0.2) is 4.39 Å². The first kappa shape index (κ1) is 18.8. The van der Waals surface area contributed by atoms with Crippen LogP contribution in [-0.2, 0) is 9.59 Å². The van der Waals surface area contributed by atoms with Crippen LogP contribution in [0.15, 0.2) is 47.4 Å². The summed E-state index contributed by atoms with van der Waals surface area (Å²) in [6.07, 6.45) is 0. The van der Waals surface area contributed by atoms with Crippen molar-refractivity contribution in [2.75, 3.05) is 12.4 Å². The maximum atomic E-state index is 12.8. The molecule has 0 saturated carbocycles. The molecule has 25 heavy (non-hydrogen) atoms. The fourth-order valence-corrected chi connectivity index (χ4v) is 2.81. The lowest BCUT2D eigenvalue weighted by Crippen LogP contribution is -2.44. The number of amides is 2. The summed E-state index contributed by atoms with van der Waals surface area (Å²) in [5.74, 6) is -0.656. The van der Waals surface area contributed by atoms with Crippen LogP contribution in [-0.4, -0.2) is 24.2 Å². The molecule has 0 aliphatic carbocycles. The molecule has 5 nitrogen and oxygen atoms in total. The molecule has 0 fully saturated rings. The molecule has 0 spiro atoms. The molecule has 0 atom stereocenters. The highest BCUT2D eigenvalue weighted by Gasteiger charge is 2.08. The minimum atomic E-state index is -0.505. The summed E-state index contributed by atoms with van der Waals surface area (Å²) in [4.78, 5) is 24.4.